The van der Waals surface area contributed by atoms with E-state index in [0.717, 1.165) is 24.8 Å². The average molecular weight is 509 g/mol. The number of carboxylic acid groups (broad SMARTS) is 1. The molecular weight excluding hydrogens is 472 g/mol. The Morgan fingerprint density at radius 1 is 1.00 bits per heavy atom. The van der Waals surface area contributed by atoms with Crippen LogP contribution in [0.4, 0.5) is 11.8 Å². The van der Waals surface area contributed by atoms with Crippen LogP contribution in [0, 0.1) is 5.92 Å². The summed E-state index contributed by atoms with van der Waals surface area (Å²) in [5, 5.41) is 13.2. The number of methoxy groups -OCH3 is 2. The molecule has 1 unspecified atom stereocenters. The van der Waals surface area contributed by atoms with E-state index < -0.39 is 12.0 Å². The maximum Gasteiger partial charge on any atom is 0.326 e. The molecule has 0 spiro atoms. The molecule has 10 heteroatoms. The first kappa shape index (κ1) is 27.6. The Hall–Kier alpha value is -3.95. The van der Waals surface area contributed by atoms with Gasteiger partial charge in [0.1, 0.15) is 28.9 Å². The highest BCUT2D eigenvalue weighted by molar-refractivity contribution is 5.78. The quantitative estimate of drug-likeness (QED) is 0.349. The third kappa shape index (κ3) is 6.84. The van der Waals surface area contributed by atoms with Crippen molar-refractivity contribution in [2.45, 2.75) is 45.6 Å². The van der Waals surface area contributed by atoms with Crippen molar-refractivity contribution >= 4 is 17.7 Å². The minimum Gasteiger partial charge on any atom is -0.496 e. The Labute approximate surface area is 218 Å². The molecule has 0 amide bonds. The molecule has 2 heterocycles. The van der Waals surface area contributed by atoms with Crippen molar-refractivity contribution in [3.8, 4) is 22.9 Å². The van der Waals surface area contributed by atoms with E-state index in [9.17, 15) is 9.90 Å². The molecule has 0 saturated carbocycles. The fourth-order valence-corrected chi connectivity index (χ4v) is 4.04. The van der Waals surface area contributed by atoms with Crippen molar-refractivity contribution < 1.29 is 19.4 Å². The molecule has 0 aliphatic carbocycles. The van der Waals surface area contributed by atoms with Crippen LogP contribution < -0.4 is 19.7 Å². The zero-order chi connectivity index (χ0) is 26.9. The van der Waals surface area contributed by atoms with E-state index in [1.54, 1.807) is 37.7 Å². The van der Waals surface area contributed by atoms with E-state index in [0.29, 0.717) is 46.1 Å². The molecule has 2 N–H and O–H groups in total. The average Bonchev–Trinajstić information content (AvgIpc) is 2.91. The van der Waals surface area contributed by atoms with Crippen molar-refractivity contribution in [3.05, 3.63) is 47.9 Å². The molecule has 0 radical (unpaired) electrons. The van der Waals surface area contributed by atoms with E-state index in [2.05, 4.69) is 39.1 Å². The van der Waals surface area contributed by atoms with Crippen LogP contribution in [-0.4, -0.2) is 65.4 Å². The molecular formula is C27H36N6O4. The topological polar surface area (TPSA) is 123 Å². The Balaban J connectivity index is 1.87. The second kappa shape index (κ2) is 12.8. The molecule has 0 aliphatic rings. The van der Waals surface area contributed by atoms with Gasteiger partial charge in [0.05, 0.1) is 14.2 Å². The molecule has 2 aromatic heterocycles. The summed E-state index contributed by atoms with van der Waals surface area (Å²) >= 11 is 0. The van der Waals surface area contributed by atoms with Gasteiger partial charge in [0.15, 0.2) is 5.82 Å². The number of hydrogen-bond acceptors (Lipinski definition) is 9. The molecule has 0 aliphatic heterocycles. The van der Waals surface area contributed by atoms with Gasteiger partial charge in [-0.2, -0.15) is 4.98 Å². The van der Waals surface area contributed by atoms with Gasteiger partial charge in [-0.15, -0.1) is 0 Å². The molecule has 1 aromatic carbocycles. The van der Waals surface area contributed by atoms with E-state index in [4.69, 9.17) is 9.47 Å². The normalized spacial score (nSPS) is 11.8. The summed E-state index contributed by atoms with van der Waals surface area (Å²) in [5.41, 5.74) is 2.21. The van der Waals surface area contributed by atoms with Crippen molar-refractivity contribution in [1.29, 1.82) is 0 Å². The fraction of sp³-hybridized carbons (Fsp3) is 0.444. The van der Waals surface area contributed by atoms with Gasteiger partial charge in [-0.25, -0.2) is 19.7 Å². The highest BCUT2D eigenvalue weighted by Gasteiger charge is 2.23. The van der Waals surface area contributed by atoms with E-state index in [-0.39, 0.29) is 6.42 Å². The van der Waals surface area contributed by atoms with Crippen LogP contribution in [-0.2, 0) is 17.6 Å². The predicted octanol–water partition coefficient (Wildman–Crippen LogP) is 4.10. The van der Waals surface area contributed by atoms with Crippen LogP contribution in [0.15, 0.2) is 36.8 Å². The van der Waals surface area contributed by atoms with Gasteiger partial charge in [0.2, 0.25) is 5.95 Å². The van der Waals surface area contributed by atoms with Gasteiger partial charge < -0.3 is 24.8 Å². The van der Waals surface area contributed by atoms with Crippen LogP contribution in [0.3, 0.4) is 0 Å². The Morgan fingerprint density at radius 2 is 1.62 bits per heavy atom. The van der Waals surface area contributed by atoms with Crippen LogP contribution in [0.2, 0.25) is 0 Å². The largest absolute Gasteiger partial charge is 0.496 e. The number of carbonyl (C=O) groups is 1. The zero-order valence-corrected chi connectivity index (χ0v) is 22.4. The number of aromatic nitrogens is 4. The van der Waals surface area contributed by atoms with Crippen molar-refractivity contribution in [2.24, 2.45) is 5.92 Å². The lowest BCUT2D eigenvalue weighted by molar-refractivity contribution is -0.137. The maximum absolute atomic E-state index is 12.2. The first-order valence-electron chi connectivity index (χ1n) is 12.4. The molecule has 0 saturated heterocycles. The number of benzene rings is 1. The zero-order valence-electron chi connectivity index (χ0n) is 22.4. The smallest absolute Gasteiger partial charge is 0.326 e. The number of rotatable bonds is 13. The summed E-state index contributed by atoms with van der Waals surface area (Å²) in [4.78, 5) is 32.1. The number of anilines is 2. The second-order valence-electron chi connectivity index (χ2n) is 9.02. The predicted molar refractivity (Wildman–Crippen MR) is 143 cm³/mol. The Morgan fingerprint density at radius 3 is 2.14 bits per heavy atom. The van der Waals surface area contributed by atoms with E-state index in [1.165, 1.54) is 0 Å². The van der Waals surface area contributed by atoms with Crippen LogP contribution in [0.5, 0.6) is 11.5 Å². The van der Waals surface area contributed by atoms with Crippen LogP contribution in [0.1, 0.15) is 37.8 Å². The molecule has 3 aromatic rings. The van der Waals surface area contributed by atoms with Crippen molar-refractivity contribution in [1.82, 2.24) is 19.9 Å². The molecule has 0 bridgehead atoms. The molecule has 3 rings (SSSR count). The van der Waals surface area contributed by atoms with E-state index >= 15 is 0 Å². The summed E-state index contributed by atoms with van der Waals surface area (Å²) in [6.45, 7) is 4.31. The maximum atomic E-state index is 12.2. The summed E-state index contributed by atoms with van der Waals surface area (Å²) in [5.74, 6) is 2.12. The van der Waals surface area contributed by atoms with E-state index in [1.807, 2.05) is 32.3 Å². The minimum absolute atomic E-state index is 0.171. The molecule has 1 atom stereocenters. The number of nitrogens with zero attached hydrogens (tertiary/aromatic N) is 5. The third-order valence-electron chi connectivity index (χ3n) is 6.32. The monoisotopic (exact) mass is 508 g/mol. The first-order chi connectivity index (χ1) is 17.8. The lowest BCUT2D eigenvalue weighted by Crippen LogP contribution is -2.33. The van der Waals surface area contributed by atoms with Crippen LogP contribution >= 0.6 is 0 Å². The fourth-order valence-electron chi connectivity index (χ4n) is 4.04. The van der Waals surface area contributed by atoms with Gasteiger partial charge in [0.25, 0.3) is 0 Å². The highest BCUT2D eigenvalue weighted by atomic mass is 16.5. The number of hydrogen-bond donors (Lipinski definition) is 2. The standard InChI is InChI=1S/C27H36N6O4/c1-7-17(8-2)12-19-16-30-27(33(3)4)32-24(19)31-20(26(34)35)13-18-14-28-25(29-15-18)23-21(36-5)10-9-11-22(23)37-6/h9-11,14-17,20H,7-8,12-13H2,1-6H3,(H,34,35)(H,30,31,32). The number of nitrogens with one attached hydrogen (secondary N) is 1. The summed E-state index contributed by atoms with van der Waals surface area (Å²) in [6, 6.07) is 4.51. The molecule has 0 fully saturated rings. The van der Waals surface area contributed by atoms with Gasteiger partial charge in [-0.05, 0) is 30.0 Å². The number of aliphatic carboxylic acids is 1. The van der Waals surface area contributed by atoms with Gasteiger partial charge in [-0.1, -0.05) is 32.8 Å². The second-order valence-corrected chi connectivity index (χ2v) is 9.02. The molecule has 198 valence electrons. The summed E-state index contributed by atoms with van der Waals surface area (Å²) in [7, 11) is 6.85. The van der Waals surface area contributed by atoms with Crippen molar-refractivity contribution in [3.63, 3.8) is 0 Å². The van der Waals surface area contributed by atoms with Crippen LogP contribution in [0.25, 0.3) is 11.4 Å². The summed E-state index contributed by atoms with van der Waals surface area (Å²) in [6.07, 6.45) is 8.03. The highest BCUT2D eigenvalue weighted by Crippen LogP contribution is 2.36. The Kier molecular flexibility index (Phi) is 9.59. The third-order valence-corrected chi connectivity index (χ3v) is 6.32. The minimum atomic E-state index is -0.992. The Bertz CT molecular complexity index is 1160. The van der Waals surface area contributed by atoms with Crippen molar-refractivity contribution in [2.75, 3.05) is 38.5 Å². The van der Waals surface area contributed by atoms with Gasteiger partial charge in [0, 0.05) is 44.7 Å². The van der Waals surface area contributed by atoms with Gasteiger partial charge >= 0.3 is 5.97 Å². The number of ether oxygens (including phenoxy) is 2. The van der Waals surface area contributed by atoms with Gasteiger partial charge in [-0.3, -0.25) is 0 Å². The SMILES string of the molecule is CCC(CC)Cc1cnc(N(C)C)nc1NC(Cc1cnc(-c2c(OC)cccc2OC)nc1)C(=O)O. The molecule has 37 heavy (non-hydrogen) atoms. The first-order valence-corrected chi connectivity index (χ1v) is 12.4. The molecule has 10 nitrogen and oxygen atoms in total. The lowest BCUT2D eigenvalue weighted by Gasteiger charge is -2.21. The summed E-state index contributed by atoms with van der Waals surface area (Å²) < 4.78 is 10.9. The lowest BCUT2D eigenvalue weighted by atomic mass is 9.95. The number of carboxylic acids is 1.